The monoisotopic (exact) mass is 410 g/mol. The first-order valence-electron chi connectivity index (χ1n) is 11.2. The largest absolute Gasteiger partial charge is 0.312 e. The number of rotatable bonds is 9. The first-order valence-corrected chi connectivity index (χ1v) is 11.2. The number of hydrogen-bond acceptors (Lipinski definition) is 2. The van der Waals surface area contributed by atoms with Gasteiger partial charge in [0.05, 0.1) is 0 Å². The maximum atomic E-state index is 13.2. The van der Waals surface area contributed by atoms with Gasteiger partial charge in [-0.25, -0.2) is 8.78 Å². The summed E-state index contributed by atoms with van der Waals surface area (Å²) >= 11 is 0. The molecule has 0 heterocycles. The molecule has 0 bridgehead atoms. The van der Waals surface area contributed by atoms with Gasteiger partial charge in [-0.15, -0.1) is 0 Å². The van der Waals surface area contributed by atoms with Crippen LogP contribution in [0.1, 0.15) is 54.7 Å². The van der Waals surface area contributed by atoms with Gasteiger partial charge in [0.25, 0.3) is 0 Å². The van der Waals surface area contributed by atoms with Crippen molar-refractivity contribution in [2.45, 2.75) is 57.3 Å². The van der Waals surface area contributed by atoms with Gasteiger partial charge in [0, 0.05) is 32.6 Å². The van der Waals surface area contributed by atoms with Crippen LogP contribution in [0.3, 0.4) is 0 Å². The summed E-state index contributed by atoms with van der Waals surface area (Å²) in [5.74, 6) is 0.936. The van der Waals surface area contributed by atoms with Crippen LogP contribution >= 0.6 is 0 Å². The highest BCUT2D eigenvalue weighted by atomic mass is 19.1. The smallest absolute Gasteiger partial charge is 0.122 e. The first-order chi connectivity index (χ1) is 14.7. The van der Waals surface area contributed by atoms with Crippen molar-refractivity contribution in [2.75, 3.05) is 13.1 Å². The van der Waals surface area contributed by atoms with Crippen molar-refractivity contribution in [1.29, 1.82) is 0 Å². The molecular weight excluding hydrogens is 378 g/mol. The van der Waals surface area contributed by atoms with Crippen LogP contribution in [-0.4, -0.2) is 19.3 Å². The zero-order valence-corrected chi connectivity index (χ0v) is 17.5. The average Bonchev–Trinajstić information content (AvgIpc) is 2.70. The molecule has 0 spiro atoms. The summed E-state index contributed by atoms with van der Waals surface area (Å²) in [6.45, 7) is 3.27. The Balaban J connectivity index is 1.32. The quantitative estimate of drug-likeness (QED) is 0.539. The van der Waals surface area contributed by atoms with Crippen LogP contribution < -0.4 is 10.6 Å². The van der Waals surface area contributed by atoms with Gasteiger partial charge in [-0.05, 0) is 65.5 Å². The lowest BCUT2D eigenvalue weighted by atomic mass is 9.79. The van der Waals surface area contributed by atoms with Gasteiger partial charge in [0.15, 0.2) is 0 Å². The van der Waals surface area contributed by atoms with Crippen LogP contribution in [0.5, 0.6) is 0 Å². The molecule has 4 heteroatoms. The average molecular weight is 411 g/mol. The van der Waals surface area contributed by atoms with Crippen molar-refractivity contribution >= 4 is 0 Å². The Kier molecular flexibility index (Phi) is 7.29. The SMILES string of the molecule is FC1=CCC(CNCc2cc(CNCC3=CCC(F)C=C3)cc(C3CCC3)c2)C=C1. The molecule has 0 aliphatic heterocycles. The van der Waals surface area contributed by atoms with Crippen LogP contribution in [0, 0.1) is 5.92 Å². The Bertz CT molecular complexity index is 849. The second kappa shape index (κ2) is 10.3. The Hall–Kier alpha value is -2.04. The lowest BCUT2D eigenvalue weighted by Crippen LogP contribution is -2.22. The lowest BCUT2D eigenvalue weighted by Gasteiger charge is -2.27. The van der Waals surface area contributed by atoms with E-state index in [1.165, 1.54) is 36.0 Å². The second-order valence-corrected chi connectivity index (χ2v) is 8.78. The van der Waals surface area contributed by atoms with E-state index in [0.717, 1.165) is 38.2 Å². The van der Waals surface area contributed by atoms with Gasteiger partial charge in [-0.1, -0.05) is 48.9 Å². The van der Waals surface area contributed by atoms with E-state index in [9.17, 15) is 8.78 Å². The number of halogens is 2. The van der Waals surface area contributed by atoms with Crippen molar-refractivity contribution in [2.24, 2.45) is 5.92 Å². The molecule has 0 radical (unpaired) electrons. The molecule has 160 valence electrons. The number of benzene rings is 1. The molecule has 3 aliphatic rings. The number of hydrogen-bond donors (Lipinski definition) is 2. The standard InChI is InChI=1S/C26H32F2N2/c27-25-8-4-19(5-9-25)15-29-17-21-12-22(14-24(13-21)23-2-1-3-23)18-30-16-20-6-10-26(28)11-7-20/h4-6,8,10-14,20,23,25,29-30H,1-3,7,9,15-18H2. The molecule has 0 aromatic heterocycles. The van der Waals surface area contributed by atoms with Gasteiger partial charge in [0.1, 0.15) is 12.0 Å². The van der Waals surface area contributed by atoms with E-state index in [-0.39, 0.29) is 5.83 Å². The molecular formula is C26H32F2N2. The maximum Gasteiger partial charge on any atom is 0.122 e. The second-order valence-electron chi connectivity index (χ2n) is 8.78. The van der Waals surface area contributed by atoms with Crippen LogP contribution in [-0.2, 0) is 13.1 Å². The van der Waals surface area contributed by atoms with Crippen molar-refractivity contribution in [1.82, 2.24) is 10.6 Å². The summed E-state index contributed by atoms with van der Waals surface area (Å²) < 4.78 is 26.3. The number of nitrogens with one attached hydrogen (secondary N) is 2. The Morgan fingerprint density at radius 1 is 0.867 bits per heavy atom. The lowest BCUT2D eigenvalue weighted by molar-refractivity contribution is 0.400. The summed E-state index contributed by atoms with van der Waals surface area (Å²) in [5.41, 5.74) is 5.24. The molecule has 2 atom stereocenters. The first kappa shape index (κ1) is 21.2. The topological polar surface area (TPSA) is 24.1 Å². The third-order valence-corrected chi connectivity index (χ3v) is 6.31. The number of allylic oxidation sites excluding steroid dienone is 5. The normalized spacial score (nSPS) is 23.8. The molecule has 2 nitrogen and oxygen atoms in total. The minimum Gasteiger partial charge on any atom is -0.312 e. The van der Waals surface area contributed by atoms with Crippen molar-refractivity contribution in [3.63, 3.8) is 0 Å². The molecule has 3 aliphatic carbocycles. The van der Waals surface area contributed by atoms with Crippen LogP contribution in [0.2, 0.25) is 0 Å². The van der Waals surface area contributed by atoms with Crippen molar-refractivity contribution < 1.29 is 8.78 Å². The fourth-order valence-electron chi connectivity index (χ4n) is 4.29. The van der Waals surface area contributed by atoms with E-state index in [1.54, 1.807) is 18.2 Å². The van der Waals surface area contributed by atoms with Crippen LogP contribution in [0.4, 0.5) is 8.78 Å². The Morgan fingerprint density at radius 3 is 2.30 bits per heavy atom. The van der Waals surface area contributed by atoms with Crippen molar-refractivity contribution in [3.8, 4) is 0 Å². The highest BCUT2D eigenvalue weighted by Crippen LogP contribution is 2.37. The van der Waals surface area contributed by atoms with Gasteiger partial charge in [-0.2, -0.15) is 0 Å². The minimum atomic E-state index is -0.831. The summed E-state index contributed by atoms with van der Waals surface area (Å²) in [7, 11) is 0. The molecule has 30 heavy (non-hydrogen) atoms. The van der Waals surface area contributed by atoms with E-state index in [2.05, 4.69) is 28.8 Å². The summed E-state index contributed by atoms with van der Waals surface area (Å²) in [6, 6.07) is 6.98. The molecule has 0 saturated heterocycles. The van der Waals surface area contributed by atoms with Gasteiger partial charge in [-0.3, -0.25) is 0 Å². The predicted octanol–water partition coefficient (Wildman–Crippen LogP) is 5.79. The van der Waals surface area contributed by atoms with E-state index in [1.807, 2.05) is 18.2 Å². The predicted molar refractivity (Wildman–Crippen MR) is 120 cm³/mol. The molecule has 1 saturated carbocycles. The van der Waals surface area contributed by atoms with Gasteiger partial charge < -0.3 is 10.6 Å². The number of alkyl halides is 1. The zero-order valence-electron chi connectivity index (χ0n) is 17.5. The zero-order chi connectivity index (χ0) is 20.8. The molecule has 1 aromatic rings. The summed E-state index contributed by atoms with van der Waals surface area (Å²) in [4.78, 5) is 0. The van der Waals surface area contributed by atoms with E-state index in [0.29, 0.717) is 18.3 Å². The highest BCUT2D eigenvalue weighted by molar-refractivity contribution is 5.34. The maximum absolute atomic E-state index is 13.2. The van der Waals surface area contributed by atoms with E-state index < -0.39 is 6.17 Å². The van der Waals surface area contributed by atoms with E-state index in [4.69, 9.17) is 0 Å². The molecule has 2 N–H and O–H groups in total. The van der Waals surface area contributed by atoms with Gasteiger partial charge >= 0.3 is 0 Å². The summed E-state index contributed by atoms with van der Waals surface area (Å²) in [5, 5.41) is 7.06. The van der Waals surface area contributed by atoms with Crippen LogP contribution in [0.25, 0.3) is 0 Å². The summed E-state index contributed by atoms with van der Waals surface area (Å²) in [6.07, 6.45) is 15.0. The van der Waals surface area contributed by atoms with E-state index >= 15 is 0 Å². The molecule has 1 aromatic carbocycles. The fraction of sp³-hybridized carbons (Fsp3) is 0.462. The molecule has 4 rings (SSSR count). The minimum absolute atomic E-state index is 0.124. The third-order valence-electron chi connectivity index (χ3n) is 6.31. The van der Waals surface area contributed by atoms with Gasteiger partial charge in [0.2, 0.25) is 0 Å². The Morgan fingerprint density at radius 2 is 1.67 bits per heavy atom. The van der Waals surface area contributed by atoms with Crippen LogP contribution in [0.15, 0.2) is 66.1 Å². The molecule has 2 unspecified atom stereocenters. The van der Waals surface area contributed by atoms with Crippen molar-refractivity contribution in [3.05, 3.63) is 82.7 Å². The Labute approximate surface area is 178 Å². The molecule has 1 fully saturated rings. The fourth-order valence-corrected chi connectivity index (χ4v) is 4.29. The third kappa shape index (κ3) is 5.99. The molecule has 0 amide bonds. The highest BCUT2D eigenvalue weighted by Gasteiger charge is 2.20.